The number of methoxy groups -OCH3 is 1. The van der Waals surface area contributed by atoms with Crippen LogP contribution < -0.4 is 0 Å². The Hall–Kier alpha value is -1.35. The van der Waals surface area contributed by atoms with Crippen molar-refractivity contribution < 1.29 is 42.4 Å². The van der Waals surface area contributed by atoms with E-state index in [1.807, 2.05) is 0 Å². The molecule has 6 nitrogen and oxygen atoms in total. The molecule has 4 aliphatic rings. The van der Waals surface area contributed by atoms with Crippen molar-refractivity contribution in [1.82, 2.24) is 0 Å². The fourth-order valence-electron chi connectivity index (χ4n) is 9.19. The number of carbonyl (C=O) groups excluding carboxylic acids is 1. The zero-order valence-corrected chi connectivity index (χ0v) is 22.3. The number of rotatable bonds is 8. The predicted molar refractivity (Wildman–Crippen MR) is 129 cm³/mol. The average molecular weight is 533 g/mol. The lowest BCUT2D eigenvalue weighted by Gasteiger charge is -2.57. The van der Waals surface area contributed by atoms with Crippen LogP contribution in [0.3, 0.4) is 0 Å². The Kier molecular flexibility index (Phi) is 8.26. The molecule has 10 atom stereocenters. The summed E-state index contributed by atoms with van der Waals surface area (Å²) in [5.41, 5.74) is -2.47. The summed E-state index contributed by atoms with van der Waals surface area (Å²) in [6.45, 7) is 4.72. The van der Waals surface area contributed by atoms with Gasteiger partial charge in [0.15, 0.2) is 5.60 Å². The van der Waals surface area contributed by atoms with E-state index in [0.717, 1.165) is 38.5 Å². The Morgan fingerprint density at radius 3 is 2.35 bits per heavy atom. The molecule has 0 aliphatic heterocycles. The Labute approximate surface area is 217 Å². The smallest absolute Gasteiger partial charge is 0.417 e. The van der Waals surface area contributed by atoms with Crippen LogP contribution in [-0.4, -0.2) is 53.7 Å². The second-order valence-corrected chi connectivity index (χ2v) is 12.7. The van der Waals surface area contributed by atoms with E-state index < -0.39 is 29.8 Å². The van der Waals surface area contributed by atoms with Crippen LogP contribution in [0, 0.1) is 46.8 Å². The summed E-state index contributed by atoms with van der Waals surface area (Å²) >= 11 is 0. The van der Waals surface area contributed by atoms with Crippen molar-refractivity contribution >= 4 is 11.9 Å². The van der Waals surface area contributed by atoms with Crippen LogP contribution in [-0.2, 0) is 19.1 Å². The zero-order chi connectivity index (χ0) is 27.2. The number of fused-ring (bicyclic) bond motifs is 5. The maximum atomic E-state index is 13.5. The SMILES string of the molecule is COC[C@@H](OC(=O)CCC(=O)O)[C@@H](C)[C@H]1CC[C@H]2[C@@H]3CC[C@@H]4C[C@@](O)(C(F)(F)F)CC[C@@H]4[C@H]3CC[C@]12C. The molecule has 0 aromatic heterocycles. The number of hydrogen-bond acceptors (Lipinski definition) is 5. The number of ether oxygens (including phenoxy) is 2. The van der Waals surface area contributed by atoms with Crippen LogP contribution in [0.15, 0.2) is 0 Å². The molecule has 0 unspecified atom stereocenters. The van der Waals surface area contributed by atoms with Gasteiger partial charge in [0.05, 0.1) is 19.4 Å². The molecule has 0 spiro atoms. The van der Waals surface area contributed by atoms with E-state index >= 15 is 0 Å². The molecule has 4 fully saturated rings. The molecular formula is C28H43F3O6. The molecule has 0 aromatic carbocycles. The van der Waals surface area contributed by atoms with Gasteiger partial charge in [-0.1, -0.05) is 13.8 Å². The van der Waals surface area contributed by atoms with Gasteiger partial charge in [0.25, 0.3) is 0 Å². The Morgan fingerprint density at radius 1 is 1.00 bits per heavy atom. The van der Waals surface area contributed by atoms with Gasteiger partial charge in [-0.25, -0.2) is 0 Å². The third-order valence-corrected chi connectivity index (χ3v) is 11.0. The van der Waals surface area contributed by atoms with Crippen LogP contribution in [0.4, 0.5) is 13.2 Å². The third kappa shape index (κ3) is 5.41. The highest BCUT2D eigenvalue weighted by Crippen LogP contribution is 2.66. The normalized spacial score (nSPS) is 41.2. The van der Waals surface area contributed by atoms with E-state index in [1.54, 1.807) is 7.11 Å². The van der Waals surface area contributed by atoms with Crippen LogP contribution in [0.5, 0.6) is 0 Å². The maximum Gasteiger partial charge on any atom is 0.417 e. The second kappa shape index (κ2) is 10.7. The lowest BCUT2D eigenvalue weighted by Crippen LogP contribution is -2.55. The number of halogens is 3. The lowest BCUT2D eigenvalue weighted by atomic mass is 9.48. The Bertz CT molecular complexity index is 848. The van der Waals surface area contributed by atoms with Gasteiger partial charge in [0, 0.05) is 7.11 Å². The Balaban J connectivity index is 1.44. The minimum Gasteiger partial charge on any atom is -0.481 e. The van der Waals surface area contributed by atoms with Gasteiger partial charge in [-0.2, -0.15) is 13.2 Å². The first kappa shape index (κ1) is 28.7. The number of carbonyl (C=O) groups is 2. The maximum absolute atomic E-state index is 13.5. The molecule has 4 aliphatic carbocycles. The number of carboxylic acid groups (broad SMARTS) is 1. The highest BCUT2D eigenvalue weighted by atomic mass is 19.4. The van der Waals surface area contributed by atoms with Crippen LogP contribution >= 0.6 is 0 Å². The molecule has 212 valence electrons. The molecule has 0 radical (unpaired) electrons. The van der Waals surface area contributed by atoms with Gasteiger partial charge in [-0.05, 0) is 105 Å². The van der Waals surface area contributed by atoms with Crippen molar-refractivity contribution in [3.05, 3.63) is 0 Å². The van der Waals surface area contributed by atoms with Crippen molar-refractivity contribution in [1.29, 1.82) is 0 Å². The van der Waals surface area contributed by atoms with Crippen molar-refractivity contribution in [2.24, 2.45) is 46.8 Å². The average Bonchev–Trinajstić information content (AvgIpc) is 3.18. The van der Waals surface area contributed by atoms with E-state index in [4.69, 9.17) is 14.6 Å². The first-order valence-electron chi connectivity index (χ1n) is 14.0. The third-order valence-electron chi connectivity index (χ3n) is 11.0. The summed E-state index contributed by atoms with van der Waals surface area (Å²) in [6.07, 6.45) is 0.446. The number of hydrogen-bond donors (Lipinski definition) is 2. The van der Waals surface area contributed by atoms with Crippen LogP contribution in [0.1, 0.15) is 84.5 Å². The van der Waals surface area contributed by atoms with Gasteiger partial charge < -0.3 is 19.7 Å². The van der Waals surface area contributed by atoms with Crippen molar-refractivity contribution in [3.63, 3.8) is 0 Å². The zero-order valence-electron chi connectivity index (χ0n) is 22.3. The highest BCUT2D eigenvalue weighted by molar-refractivity contribution is 5.76. The molecular weight excluding hydrogens is 489 g/mol. The lowest BCUT2D eigenvalue weighted by molar-refractivity contribution is -0.282. The monoisotopic (exact) mass is 532 g/mol. The number of aliphatic hydroxyl groups is 1. The molecule has 0 heterocycles. The molecule has 4 saturated carbocycles. The van der Waals surface area contributed by atoms with E-state index in [2.05, 4.69) is 13.8 Å². The molecule has 2 N–H and O–H groups in total. The quantitative estimate of drug-likeness (QED) is 0.395. The number of alkyl halides is 3. The fraction of sp³-hybridized carbons (Fsp3) is 0.929. The molecule has 0 bridgehead atoms. The van der Waals surface area contributed by atoms with E-state index in [-0.39, 0.29) is 55.5 Å². The first-order chi connectivity index (χ1) is 17.3. The second-order valence-electron chi connectivity index (χ2n) is 12.7. The molecule has 0 saturated heterocycles. The van der Waals surface area contributed by atoms with Crippen molar-refractivity contribution in [2.45, 2.75) is 102 Å². The topological polar surface area (TPSA) is 93.1 Å². The molecule has 37 heavy (non-hydrogen) atoms. The van der Waals surface area contributed by atoms with Crippen molar-refractivity contribution in [2.75, 3.05) is 13.7 Å². The van der Waals surface area contributed by atoms with Crippen LogP contribution in [0.2, 0.25) is 0 Å². The Morgan fingerprint density at radius 2 is 1.70 bits per heavy atom. The summed E-state index contributed by atoms with van der Waals surface area (Å²) in [5.74, 6) is 0.436. The summed E-state index contributed by atoms with van der Waals surface area (Å²) in [7, 11) is 1.57. The van der Waals surface area contributed by atoms with Gasteiger partial charge >= 0.3 is 18.1 Å². The minimum atomic E-state index is -4.56. The largest absolute Gasteiger partial charge is 0.481 e. The number of esters is 1. The first-order valence-corrected chi connectivity index (χ1v) is 14.0. The predicted octanol–water partition coefficient (Wildman–Crippen LogP) is 5.61. The summed E-state index contributed by atoms with van der Waals surface area (Å²) in [6, 6.07) is 0. The van der Waals surface area contributed by atoms with E-state index in [0.29, 0.717) is 30.1 Å². The minimum absolute atomic E-state index is 0.0492. The van der Waals surface area contributed by atoms with Gasteiger partial charge in [-0.3, -0.25) is 9.59 Å². The standard InChI is InChI=1S/C28H43F3O6/c1-16(23(15-36-3)37-25(34)9-8-24(32)33)21-6-7-22-20-5-4-17-14-27(35,28(29,30)31)13-11-18(17)19(20)10-12-26(21,22)2/h16-23,35H,4-15H2,1-3H3,(H,32,33)/t16-,17+,18-,19+,20+,21+,22-,23+,26+,27+/m0/s1. The molecule has 9 heteroatoms. The van der Waals surface area contributed by atoms with E-state index in [1.165, 1.54) is 0 Å². The van der Waals surface area contributed by atoms with Crippen LogP contribution in [0.25, 0.3) is 0 Å². The van der Waals surface area contributed by atoms with Gasteiger partial charge in [0.2, 0.25) is 0 Å². The van der Waals surface area contributed by atoms with Gasteiger partial charge in [0.1, 0.15) is 6.10 Å². The fourth-order valence-corrected chi connectivity index (χ4v) is 9.19. The molecule has 0 amide bonds. The van der Waals surface area contributed by atoms with E-state index in [9.17, 15) is 27.9 Å². The number of aliphatic carboxylic acids is 1. The highest BCUT2D eigenvalue weighted by Gasteiger charge is 2.62. The summed E-state index contributed by atoms with van der Waals surface area (Å²) in [5, 5.41) is 19.2. The summed E-state index contributed by atoms with van der Waals surface area (Å²) in [4.78, 5) is 23.2. The number of carboxylic acids is 1. The summed E-state index contributed by atoms with van der Waals surface area (Å²) < 4.78 is 51.7. The molecule has 4 rings (SSSR count). The van der Waals surface area contributed by atoms with Crippen molar-refractivity contribution in [3.8, 4) is 0 Å². The molecule has 0 aromatic rings. The van der Waals surface area contributed by atoms with Gasteiger partial charge in [-0.15, -0.1) is 0 Å².